The molecule has 3 aliphatic carbocycles. The van der Waals surface area contributed by atoms with Crippen LogP contribution in [0.15, 0.2) is 24.0 Å². The monoisotopic (exact) mass is 585 g/mol. The zero-order chi connectivity index (χ0) is 29.9. The molecule has 3 aliphatic rings. The van der Waals surface area contributed by atoms with Gasteiger partial charge in [-0.15, -0.1) is 6.58 Å². The number of ketones is 1. The molecule has 3 N–H and O–H groups in total. The van der Waals surface area contributed by atoms with Gasteiger partial charge in [0.2, 0.25) is 5.95 Å². The number of hydrogen-bond acceptors (Lipinski definition) is 11. The summed E-state index contributed by atoms with van der Waals surface area (Å²) in [5.74, 6) is -0.733. The average molecular weight is 586 g/mol. The molecule has 0 spiro atoms. The van der Waals surface area contributed by atoms with E-state index in [2.05, 4.69) is 42.3 Å². The van der Waals surface area contributed by atoms with E-state index in [-0.39, 0.29) is 46.3 Å². The van der Waals surface area contributed by atoms with Gasteiger partial charge < -0.3 is 20.3 Å². The van der Waals surface area contributed by atoms with E-state index < -0.39 is 35.1 Å². The molecule has 0 aliphatic heterocycles. The van der Waals surface area contributed by atoms with Crippen molar-refractivity contribution in [1.29, 1.82) is 0 Å². The molecule has 0 aromatic carbocycles. The van der Waals surface area contributed by atoms with Crippen LogP contribution in [-0.4, -0.2) is 67.5 Å². The lowest BCUT2D eigenvalue weighted by molar-refractivity contribution is -0.205. The number of nitrogen functional groups attached to an aromatic ring is 1. The van der Waals surface area contributed by atoms with Crippen molar-refractivity contribution >= 4 is 46.7 Å². The number of rotatable bonds is 5. The number of carbonyl (C=O) groups is 3. The van der Waals surface area contributed by atoms with Crippen LogP contribution in [0, 0.1) is 34.0 Å². The maximum absolute atomic E-state index is 13.6. The van der Waals surface area contributed by atoms with E-state index in [1.54, 1.807) is 6.08 Å². The van der Waals surface area contributed by atoms with E-state index in [4.69, 9.17) is 15.2 Å². The second-order valence-corrected chi connectivity index (χ2v) is 13.5. The highest BCUT2D eigenvalue weighted by molar-refractivity contribution is 8.00. The fourth-order valence-corrected chi connectivity index (χ4v) is 8.81. The normalized spacial score (nSPS) is 36.7. The highest BCUT2D eigenvalue weighted by Gasteiger charge is 2.68. The first kappa shape index (κ1) is 29.5. The van der Waals surface area contributed by atoms with E-state index in [9.17, 15) is 19.5 Å². The van der Waals surface area contributed by atoms with Crippen LogP contribution in [0.4, 0.5) is 10.7 Å². The third-order valence-corrected chi connectivity index (χ3v) is 11.6. The van der Waals surface area contributed by atoms with Gasteiger partial charge >= 0.3 is 12.1 Å². The molecule has 5 rings (SSSR count). The Balaban J connectivity index is 1.46. The molecule has 3 saturated carbocycles. The van der Waals surface area contributed by atoms with Crippen molar-refractivity contribution in [3.63, 3.8) is 0 Å². The molecule has 0 saturated heterocycles. The maximum Gasteiger partial charge on any atom is 0.420 e. The second-order valence-electron chi connectivity index (χ2n) is 12.5. The first-order valence-electron chi connectivity index (χ1n) is 14.1. The fraction of sp³-hybridized carbons (Fsp3) is 0.655. The number of carbonyl (C=O) groups excluding carboxylic acids is 3. The lowest BCUT2D eigenvalue weighted by atomic mass is 9.44. The van der Waals surface area contributed by atoms with Crippen LogP contribution in [0.3, 0.4) is 0 Å². The number of aromatic nitrogens is 4. The predicted octanol–water partition coefficient (Wildman–Crippen LogP) is 4.02. The molecular weight excluding hydrogens is 546 g/mol. The standard InChI is InChI=1S/C29H39N5O6S/c1-7-27(4)12-18(28(5)15(2)8-10-29(16(3)22(27)37)11-9-17(35)21(28)29)40-19(36)13-41-24-20-23(32-25(30)33-24)34(14-31-20)26(38)39-6/h7,14-16,18,21-22,37H,1,8-13H2,2-6H3,(H2,30,32,33)/t15-,16+,18-,21?,22+,27-,28+,29+/m1/s1. The Morgan fingerprint density at radius 1 is 1.29 bits per heavy atom. The number of aliphatic hydroxyl groups excluding tert-OH is 1. The summed E-state index contributed by atoms with van der Waals surface area (Å²) in [5, 5.41) is 12.0. The van der Waals surface area contributed by atoms with Crippen LogP contribution in [0.25, 0.3) is 11.2 Å². The van der Waals surface area contributed by atoms with Gasteiger partial charge in [-0.1, -0.05) is 45.5 Å². The largest absolute Gasteiger partial charge is 0.461 e. The van der Waals surface area contributed by atoms with Gasteiger partial charge in [-0.05, 0) is 42.9 Å². The molecule has 3 fully saturated rings. The van der Waals surface area contributed by atoms with Crippen molar-refractivity contribution in [3.05, 3.63) is 19.0 Å². The molecule has 12 heteroatoms. The van der Waals surface area contributed by atoms with E-state index >= 15 is 0 Å². The van der Waals surface area contributed by atoms with E-state index in [1.807, 2.05) is 6.92 Å². The van der Waals surface area contributed by atoms with Crippen LogP contribution in [0.5, 0.6) is 0 Å². The topological polar surface area (TPSA) is 160 Å². The summed E-state index contributed by atoms with van der Waals surface area (Å²) in [5.41, 5.74) is 4.71. The van der Waals surface area contributed by atoms with Gasteiger partial charge in [-0.25, -0.2) is 19.3 Å². The molecule has 2 aromatic rings. The molecule has 1 unspecified atom stereocenters. The minimum Gasteiger partial charge on any atom is -0.461 e. The molecule has 2 aromatic heterocycles. The number of Topliss-reactive ketones (excluding diaryl/α,β-unsaturated/α-hetero) is 1. The SMILES string of the molecule is C=C[C@]1(C)C[C@@H](OC(=O)CSc2nc(N)nc3c2ncn3C(=O)OC)[C@@]2(C)C3C(=O)CC[C@@]3(CC[C@H]2C)[C@@H](C)[C@@H]1O. The number of nitrogens with zero attached hydrogens (tertiary/aromatic N) is 4. The summed E-state index contributed by atoms with van der Waals surface area (Å²) in [6.45, 7) is 12.3. The number of ether oxygens (including phenoxy) is 2. The highest BCUT2D eigenvalue weighted by Crippen LogP contribution is 2.68. The maximum atomic E-state index is 13.6. The molecular formula is C29H39N5O6S. The lowest BCUT2D eigenvalue weighted by Crippen LogP contribution is -2.63. The van der Waals surface area contributed by atoms with Gasteiger partial charge in [0.25, 0.3) is 0 Å². The smallest absolute Gasteiger partial charge is 0.420 e. The number of hydrogen-bond donors (Lipinski definition) is 2. The Hall–Kier alpha value is -2.99. The predicted molar refractivity (Wildman–Crippen MR) is 153 cm³/mol. The fourth-order valence-electron chi connectivity index (χ4n) is 8.04. The minimum atomic E-state index is -0.732. The van der Waals surface area contributed by atoms with Gasteiger partial charge in [-0.3, -0.25) is 9.59 Å². The zero-order valence-electron chi connectivity index (χ0n) is 24.3. The number of nitrogens with two attached hydrogens (primary N) is 1. The third kappa shape index (κ3) is 4.45. The minimum absolute atomic E-state index is 0.0801. The van der Waals surface area contributed by atoms with Crippen LogP contribution >= 0.6 is 11.8 Å². The summed E-state index contributed by atoms with van der Waals surface area (Å²) in [7, 11) is 1.24. The van der Waals surface area contributed by atoms with Crippen LogP contribution < -0.4 is 5.73 Å². The number of esters is 1. The van der Waals surface area contributed by atoms with Gasteiger partial charge in [0.1, 0.15) is 28.8 Å². The van der Waals surface area contributed by atoms with Crippen LogP contribution in [0.1, 0.15) is 59.8 Å². The van der Waals surface area contributed by atoms with Crippen molar-refractivity contribution in [1.82, 2.24) is 19.5 Å². The molecule has 41 heavy (non-hydrogen) atoms. The van der Waals surface area contributed by atoms with Crippen molar-refractivity contribution in [2.45, 2.75) is 77.0 Å². The molecule has 222 valence electrons. The van der Waals surface area contributed by atoms with Crippen LogP contribution in [-0.2, 0) is 19.1 Å². The number of methoxy groups -OCH3 is 1. The Morgan fingerprint density at radius 3 is 2.71 bits per heavy atom. The quantitative estimate of drug-likeness (QED) is 0.226. The number of imidazole rings is 1. The van der Waals surface area contributed by atoms with Crippen molar-refractivity contribution in [2.75, 3.05) is 18.6 Å². The highest BCUT2D eigenvalue weighted by atomic mass is 32.2. The summed E-state index contributed by atoms with van der Waals surface area (Å²) >= 11 is 1.08. The summed E-state index contributed by atoms with van der Waals surface area (Å²) < 4.78 is 12.2. The summed E-state index contributed by atoms with van der Waals surface area (Å²) in [6, 6.07) is 0. The first-order valence-corrected chi connectivity index (χ1v) is 15.1. The number of aliphatic hydroxyl groups is 1. The van der Waals surface area contributed by atoms with Crippen molar-refractivity contribution in [2.24, 2.45) is 34.0 Å². The Labute approximate surface area is 243 Å². The Bertz CT molecular complexity index is 1410. The molecule has 0 radical (unpaired) electrons. The molecule has 0 amide bonds. The van der Waals surface area contributed by atoms with Gasteiger partial charge in [0.05, 0.1) is 19.0 Å². The summed E-state index contributed by atoms with van der Waals surface area (Å²) in [6.07, 6.45) is 4.35. The third-order valence-electron chi connectivity index (χ3n) is 10.7. The zero-order valence-corrected chi connectivity index (χ0v) is 25.1. The van der Waals surface area contributed by atoms with Crippen molar-refractivity contribution in [3.8, 4) is 0 Å². The molecule has 11 nitrogen and oxygen atoms in total. The van der Waals surface area contributed by atoms with E-state index in [0.717, 1.165) is 35.6 Å². The van der Waals surface area contributed by atoms with Gasteiger partial charge in [0.15, 0.2) is 5.65 Å². The van der Waals surface area contributed by atoms with E-state index in [0.29, 0.717) is 23.4 Å². The molecule has 8 atom stereocenters. The number of fused-ring (bicyclic) bond motifs is 1. The summed E-state index contributed by atoms with van der Waals surface area (Å²) in [4.78, 5) is 51.7. The average Bonchev–Trinajstić information content (AvgIpc) is 3.53. The number of thioether (sulfide) groups is 1. The second kappa shape index (κ2) is 10.4. The van der Waals surface area contributed by atoms with E-state index in [1.165, 1.54) is 13.4 Å². The van der Waals surface area contributed by atoms with Gasteiger partial charge in [0, 0.05) is 23.2 Å². The Kier molecular flexibility index (Phi) is 7.47. The van der Waals surface area contributed by atoms with Crippen LogP contribution in [0.2, 0.25) is 0 Å². The molecule has 2 bridgehead atoms. The Morgan fingerprint density at radius 2 is 2.02 bits per heavy atom. The van der Waals surface area contributed by atoms with Gasteiger partial charge in [-0.2, -0.15) is 4.98 Å². The van der Waals surface area contributed by atoms with Crippen molar-refractivity contribution < 1.29 is 29.0 Å². The molecule has 2 heterocycles. The number of anilines is 1. The first-order chi connectivity index (χ1) is 19.3. The lowest BCUT2D eigenvalue weighted by Gasteiger charge is -2.61.